The van der Waals surface area contributed by atoms with Crippen molar-refractivity contribution in [2.75, 3.05) is 18.0 Å². The van der Waals surface area contributed by atoms with Gasteiger partial charge in [-0.3, -0.25) is 14.9 Å². The van der Waals surface area contributed by atoms with Gasteiger partial charge in [0.05, 0.1) is 23.0 Å². The average Bonchev–Trinajstić information content (AvgIpc) is 2.60. The molecule has 27 heavy (non-hydrogen) atoms. The maximum Gasteiger partial charge on any atom is 0.416 e. The first-order chi connectivity index (χ1) is 12.6. The van der Waals surface area contributed by atoms with Gasteiger partial charge in [0.1, 0.15) is 5.69 Å². The fourth-order valence-corrected chi connectivity index (χ4v) is 3.04. The smallest absolute Gasteiger partial charge is 0.366 e. The van der Waals surface area contributed by atoms with E-state index < -0.39 is 22.4 Å². The molecule has 1 atom stereocenters. The third-order valence-corrected chi connectivity index (χ3v) is 4.49. The van der Waals surface area contributed by atoms with Gasteiger partial charge < -0.3 is 10.2 Å². The summed E-state index contributed by atoms with van der Waals surface area (Å²) in [7, 11) is 0. The van der Waals surface area contributed by atoms with E-state index in [1.807, 2.05) is 6.07 Å². The number of anilines is 1. The molecule has 0 unspecified atom stereocenters. The zero-order chi connectivity index (χ0) is 20.2. The number of nitrogens with one attached hydrogen (secondary N) is 1. The van der Waals surface area contributed by atoms with Crippen LogP contribution in [0.1, 0.15) is 31.7 Å². The molecular weight excluding hydrogens is 365 g/mol. The number of alkyl halides is 3. The van der Waals surface area contributed by atoms with Crippen molar-refractivity contribution in [1.29, 1.82) is 5.26 Å². The third-order valence-electron chi connectivity index (χ3n) is 4.49. The first kappa shape index (κ1) is 20.5. The molecule has 1 aliphatic rings. The number of nitriles is 1. The number of carbonyl (C=O) groups excluding carboxylic acids is 1. The minimum atomic E-state index is -4.66. The van der Waals surface area contributed by atoms with E-state index in [2.05, 4.69) is 5.32 Å². The summed E-state index contributed by atoms with van der Waals surface area (Å²) < 4.78 is 38.4. The van der Waals surface area contributed by atoms with Gasteiger partial charge in [0.15, 0.2) is 0 Å². The molecule has 0 saturated carbocycles. The summed E-state index contributed by atoms with van der Waals surface area (Å²) in [6.07, 6.45) is -3.62. The number of halogens is 3. The lowest BCUT2D eigenvalue weighted by atomic mass is 9.94. The van der Waals surface area contributed by atoms with Gasteiger partial charge in [0.25, 0.3) is 5.69 Å². The van der Waals surface area contributed by atoms with Crippen molar-refractivity contribution in [3.05, 3.63) is 33.9 Å². The highest BCUT2D eigenvalue weighted by atomic mass is 19.4. The lowest BCUT2D eigenvalue weighted by Crippen LogP contribution is -2.43. The Kier molecular flexibility index (Phi) is 6.25. The molecule has 0 bridgehead atoms. The topological polar surface area (TPSA) is 99.3 Å². The quantitative estimate of drug-likeness (QED) is 0.621. The Morgan fingerprint density at radius 2 is 2.07 bits per heavy atom. The van der Waals surface area contributed by atoms with Crippen LogP contribution in [-0.4, -0.2) is 30.0 Å². The van der Waals surface area contributed by atoms with E-state index in [1.54, 1.807) is 11.8 Å². The molecule has 1 fully saturated rings. The standard InChI is InChI=1S/C17H19F3N4O3/c1-11(4-7-21)22-16(25)12-5-8-23(9-6-12)14-3-2-13(17(18,19)20)10-15(14)24(26)27/h2-3,10-12H,4-6,8-9H2,1H3,(H,22,25)/t11-/m0/s1. The van der Waals surface area contributed by atoms with Crippen LogP contribution < -0.4 is 10.2 Å². The van der Waals surface area contributed by atoms with Gasteiger partial charge in [-0.2, -0.15) is 18.4 Å². The van der Waals surface area contributed by atoms with Crippen LogP contribution in [0.25, 0.3) is 0 Å². The lowest BCUT2D eigenvalue weighted by Gasteiger charge is -2.33. The molecule has 1 amide bonds. The SMILES string of the molecule is C[C@@H](CC#N)NC(=O)C1CCN(c2ccc(C(F)(F)F)cc2[N+](=O)[O-])CC1. The largest absolute Gasteiger partial charge is 0.416 e. The first-order valence-electron chi connectivity index (χ1n) is 8.41. The number of nitrogens with zero attached hydrogens (tertiary/aromatic N) is 3. The average molecular weight is 384 g/mol. The second kappa shape index (κ2) is 8.24. The summed E-state index contributed by atoms with van der Waals surface area (Å²) in [4.78, 5) is 24.2. The molecule has 0 aliphatic carbocycles. The van der Waals surface area contributed by atoms with E-state index in [4.69, 9.17) is 5.26 Å². The second-order valence-corrected chi connectivity index (χ2v) is 6.49. The van der Waals surface area contributed by atoms with Gasteiger partial charge >= 0.3 is 6.18 Å². The van der Waals surface area contributed by atoms with E-state index in [0.29, 0.717) is 32.0 Å². The van der Waals surface area contributed by atoms with Crippen LogP contribution >= 0.6 is 0 Å². The number of amides is 1. The zero-order valence-electron chi connectivity index (χ0n) is 14.6. The van der Waals surface area contributed by atoms with Crippen LogP contribution in [0, 0.1) is 27.4 Å². The Balaban J connectivity index is 2.08. The predicted octanol–water partition coefficient (Wildman–Crippen LogP) is 3.25. The van der Waals surface area contributed by atoms with E-state index in [9.17, 15) is 28.1 Å². The van der Waals surface area contributed by atoms with Crippen molar-refractivity contribution in [3.63, 3.8) is 0 Å². The number of benzene rings is 1. The molecule has 1 N–H and O–H groups in total. The first-order valence-corrected chi connectivity index (χ1v) is 8.41. The number of rotatable bonds is 5. The summed E-state index contributed by atoms with van der Waals surface area (Å²) in [6.45, 7) is 2.36. The predicted molar refractivity (Wildman–Crippen MR) is 90.9 cm³/mol. The van der Waals surface area contributed by atoms with Gasteiger partial charge in [-0.05, 0) is 31.9 Å². The maximum atomic E-state index is 12.8. The van der Waals surface area contributed by atoms with Crippen LogP contribution in [0.5, 0.6) is 0 Å². The van der Waals surface area contributed by atoms with Crippen molar-refractivity contribution >= 4 is 17.3 Å². The molecule has 1 saturated heterocycles. The van der Waals surface area contributed by atoms with E-state index in [1.165, 1.54) is 0 Å². The van der Waals surface area contributed by atoms with Gasteiger partial charge in [0, 0.05) is 31.1 Å². The van der Waals surface area contributed by atoms with Gasteiger partial charge in [-0.25, -0.2) is 0 Å². The molecule has 2 rings (SSSR count). The van der Waals surface area contributed by atoms with E-state index in [0.717, 1.165) is 12.1 Å². The third kappa shape index (κ3) is 5.09. The van der Waals surface area contributed by atoms with Crippen molar-refractivity contribution in [1.82, 2.24) is 5.32 Å². The van der Waals surface area contributed by atoms with Crippen molar-refractivity contribution in [2.45, 2.75) is 38.4 Å². The monoisotopic (exact) mass is 384 g/mol. The van der Waals surface area contributed by atoms with Crippen LogP contribution in [0.3, 0.4) is 0 Å². The maximum absolute atomic E-state index is 12.8. The Hall–Kier alpha value is -2.83. The van der Waals surface area contributed by atoms with Gasteiger partial charge in [0.2, 0.25) is 5.91 Å². The minimum absolute atomic E-state index is 0.115. The molecule has 146 valence electrons. The fourth-order valence-electron chi connectivity index (χ4n) is 3.04. The summed E-state index contributed by atoms with van der Waals surface area (Å²) in [6, 6.07) is 4.17. The van der Waals surface area contributed by atoms with Crippen molar-refractivity contribution in [3.8, 4) is 6.07 Å². The number of nitro benzene ring substituents is 1. The number of hydrogen-bond acceptors (Lipinski definition) is 5. The zero-order valence-corrected chi connectivity index (χ0v) is 14.6. The Morgan fingerprint density at radius 1 is 1.44 bits per heavy atom. The Morgan fingerprint density at radius 3 is 2.59 bits per heavy atom. The van der Waals surface area contributed by atoms with E-state index in [-0.39, 0.29) is 30.0 Å². The van der Waals surface area contributed by atoms with Crippen LogP contribution in [0.2, 0.25) is 0 Å². The molecule has 0 aromatic heterocycles. The molecule has 0 spiro atoms. The summed E-state index contributed by atoms with van der Waals surface area (Å²) in [5, 5.41) is 22.6. The van der Waals surface area contributed by atoms with Crippen LogP contribution in [-0.2, 0) is 11.0 Å². The van der Waals surface area contributed by atoms with Crippen LogP contribution in [0.15, 0.2) is 18.2 Å². The molecule has 10 heteroatoms. The normalized spacial score (nSPS) is 16.5. The van der Waals surface area contributed by atoms with E-state index >= 15 is 0 Å². The molecule has 1 heterocycles. The molecule has 1 aromatic carbocycles. The molecule has 0 radical (unpaired) electrons. The summed E-state index contributed by atoms with van der Waals surface area (Å²) in [5.41, 5.74) is -1.56. The molecule has 1 aliphatic heterocycles. The number of hydrogen-bond donors (Lipinski definition) is 1. The molecule has 7 nitrogen and oxygen atoms in total. The number of nitro groups is 1. The highest BCUT2D eigenvalue weighted by molar-refractivity contribution is 5.79. The van der Waals surface area contributed by atoms with Crippen molar-refractivity contribution < 1.29 is 22.9 Å². The highest BCUT2D eigenvalue weighted by Gasteiger charge is 2.35. The number of carbonyl (C=O) groups is 1. The lowest BCUT2D eigenvalue weighted by molar-refractivity contribution is -0.384. The fraction of sp³-hybridized carbons (Fsp3) is 0.529. The molecule has 1 aromatic rings. The van der Waals surface area contributed by atoms with Crippen LogP contribution in [0.4, 0.5) is 24.5 Å². The molecular formula is C17H19F3N4O3. The van der Waals surface area contributed by atoms with Gasteiger partial charge in [-0.1, -0.05) is 0 Å². The highest BCUT2D eigenvalue weighted by Crippen LogP contribution is 2.37. The number of piperidine rings is 1. The Labute approximate surface area is 153 Å². The summed E-state index contributed by atoms with van der Waals surface area (Å²) in [5.74, 6) is -0.477. The van der Waals surface area contributed by atoms with Crippen molar-refractivity contribution in [2.24, 2.45) is 5.92 Å². The Bertz CT molecular complexity index is 753. The summed E-state index contributed by atoms with van der Waals surface area (Å²) >= 11 is 0. The minimum Gasteiger partial charge on any atom is -0.366 e. The second-order valence-electron chi connectivity index (χ2n) is 6.49. The van der Waals surface area contributed by atoms with Gasteiger partial charge in [-0.15, -0.1) is 0 Å².